The Morgan fingerprint density at radius 1 is 1.18 bits per heavy atom. The van der Waals surface area contributed by atoms with Crippen molar-refractivity contribution in [3.63, 3.8) is 0 Å². The fourth-order valence-corrected chi connectivity index (χ4v) is 5.93. The van der Waals surface area contributed by atoms with Crippen molar-refractivity contribution < 1.29 is 24.5 Å². The first-order chi connectivity index (χ1) is 18.7. The number of carbonyl (C=O) groups excluding carboxylic acids is 2. The van der Waals surface area contributed by atoms with Gasteiger partial charge in [0.05, 0.1) is 18.8 Å². The molecule has 3 aromatic rings. The van der Waals surface area contributed by atoms with Crippen LogP contribution in [0.1, 0.15) is 67.2 Å². The second-order valence-corrected chi connectivity index (χ2v) is 11.2. The van der Waals surface area contributed by atoms with Crippen molar-refractivity contribution in [3.05, 3.63) is 77.1 Å². The molecule has 2 aliphatic rings. The van der Waals surface area contributed by atoms with E-state index in [4.69, 9.17) is 4.74 Å². The van der Waals surface area contributed by atoms with Crippen molar-refractivity contribution in [1.29, 1.82) is 0 Å². The van der Waals surface area contributed by atoms with E-state index in [0.29, 0.717) is 18.2 Å². The first-order valence-corrected chi connectivity index (χ1v) is 13.8. The highest BCUT2D eigenvalue weighted by molar-refractivity contribution is 5.99. The van der Waals surface area contributed by atoms with Gasteiger partial charge in [-0.25, -0.2) is 0 Å². The molecule has 0 bridgehead atoms. The van der Waals surface area contributed by atoms with Gasteiger partial charge in [0.15, 0.2) is 12.0 Å². The summed E-state index contributed by atoms with van der Waals surface area (Å²) >= 11 is 0. The van der Waals surface area contributed by atoms with Crippen molar-refractivity contribution in [2.45, 2.75) is 77.4 Å². The molecule has 0 aliphatic carbocycles. The topological polar surface area (TPSA) is 105 Å². The van der Waals surface area contributed by atoms with Crippen molar-refractivity contribution in [3.8, 4) is 5.75 Å². The van der Waals surface area contributed by atoms with Crippen LogP contribution in [0.4, 0.5) is 5.69 Å². The Morgan fingerprint density at radius 3 is 2.72 bits per heavy atom. The van der Waals surface area contributed by atoms with Crippen LogP contribution >= 0.6 is 0 Å². The first-order valence-electron chi connectivity index (χ1n) is 13.8. The third-order valence-electron chi connectivity index (χ3n) is 7.78. The molecule has 39 heavy (non-hydrogen) atoms. The van der Waals surface area contributed by atoms with Gasteiger partial charge in [0.25, 0.3) is 0 Å². The van der Waals surface area contributed by atoms with Gasteiger partial charge in [0, 0.05) is 42.6 Å². The number of benzene rings is 2. The Kier molecular flexibility index (Phi) is 7.60. The monoisotopic (exact) mass is 531 g/mol. The molecule has 3 unspecified atom stereocenters. The third-order valence-corrected chi connectivity index (χ3v) is 7.78. The van der Waals surface area contributed by atoms with Crippen molar-refractivity contribution in [2.75, 3.05) is 11.4 Å². The molecule has 8 nitrogen and oxygen atoms in total. The van der Waals surface area contributed by atoms with Crippen LogP contribution in [0.2, 0.25) is 0 Å². The molecule has 3 atom stereocenters. The van der Waals surface area contributed by atoms with Crippen molar-refractivity contribution >= 4 is 17.3 Å². The highest BCUT2D eigenvalue weighted by Crippen LogP contribution is 2.51. The van der Waals surface area contributed by atoms with Gasteiger partial charge in [0.2, 0.25) is 0 Å². The number of hydrogen-bond donors (Lipinski definition) is 2. The van der Waals surface area contributed by atoms with Gasteiger partial charge in [0.1, 0.15) is 22.8 Å². The number of aryl methyl sites for hydroxylation is 2. The third kappa shape index (κ3) is 5.36. The maximum atomic E-state index is 13.8. The second kappa shape index (κ2) is 10.9. The molecule has 0 saturated carbocycles. The van der Waals surface area contributed by atoms with Crippen LogP contribution < -0.4 is 4.90 Å². The minimum atomic E-state index is -1.32. The summed E-state index contributed by atoms with van der Waals surface area (Å²) in [6.07, 6.45) is 2.87. The van der Waals surface area contributed by atoms with Crippen molar-refractivity contribution in [1.82, 2.24) is 9.78 Å². The normalized spacial score (nSPS) is 21.8. The maximum Gasteiger partial charge on any atom is 0.200 e. The smallest absolute Gasteiger partial charge is 0.200 e. The SMILES string of the molecule is CCn1ncc(CCC(C)C)c1C(=O)CN1c2ccccc2C2(O)CC(CC(=O)Cc3cccc(O)c3)OC12. The Balaban J connectivity index is 1.36. The quantitative estimate of drug-likeness (QED) is 0.353. The number of aromatic hydroxyl groups is 1. The highest BCUT2D eigenvalue weighted by Gasteiger charge is 2.57. The van der Waals surface area contributed by atoms with Crippen LogP contribution in [0.5, 0.6) is 5.75 Å². The number of aliphatic hydroxyl groups is 1. The number of anilines is 1. The number of Topliss-reactive ketones (excluding diaryl/α,β-unsaturated/α-hetero) is 2. The Morgan fingerprint density at radius 2 is 1.97 bits per heavy atom. The van der Waals surface area contributed by atoms with Gasteiger partial charge in [-0.3, -0.25) is 14.3 Å². The summed E-state index contributed by atoms with van der Waals surface area (Å²) in [6, 6.07) is 14.2. The maximum absolute atomic E-state index is 13.8. The number of aromatic nitrogens is 2. The van der Waals surface area contributed by atoms with Crippen LogP contribution in [0.15, 0.2) is 54.7 Å². The molecule has 5 rings (SSSR count). The average molecular weight is 532 g/mol. The lowest BCUT2D eigenvalue weighted by Crippen LogP contribution is -2.44. The van der Waals surface area contributed by atoms with Crippen LogP contribution in [-0.4, -0.2) is 50.4 Å². The van der Waals surface area contributed by atoms with Crippen LogP contribution in [0.3, 0.4) is 0 Å². The van der Waals surface area contributed by atoms with E-state index in [9.17, 15) is 19.8 Å². The summed E-state index contributed by atoms with van der Waals surface area (Å²) in [6.45, 7) is 6.92. The summed E-state index contributed by atoms with van der Waals surface area (Å²) in [7, 11) is 0. The summed E-state index contributed by atoms with van der Waals surface area (Å²) in [5, 5.41) is 26.0. The molecule has 0 spiro atoms. The van der Waals surface area contributed by atoms with Crippen LogP contribution in [-0.2, 0) is 34.5 Å². The fraction of sp³-hybridized carbons (Fsp3) is 0.452. The Hall–Kier alpha value is -3.49. The average Bonchev–Trinajstić information content (AvgIpc) is 3.52. The zero-order chi connectivity index (χ0) is 27.7. The van der Waals surface area contributed by atoms with Gasteiger partial charge < -0.3 is 19.8 Å². The second-order valence-electron chi connectivity index (χ2n) is 11.2. The lowest BCUT2D eigenvalue weighted by molar-refractivity contribution is -0.121. The largest absolute Gasteiger partial charge is 0.508 e. The van der Waals surface area contributed by atoms with E-state index in [0.717, 1.165) is 35.2 Å². The molecule has 1 aromatic heterocycles. The molecule has 2 N–H and O–H groups in total. The van der Waals surface area contributed by atoms with E-state index in [1.54, 1.807) is 35.1 Å². The van der Waals surface area contributed by atoms with Crippen molar-refractivity contribution in [2.24, 2.45) is 5.92 Å². The molecular formula is C31H37N3O5. The number of carbonyl (C=O) groups is 2. The van der Waals surface area contributed by atoms with E-state index in [1.165, 1.54) is 0 Å². The molecule has 2 aromatic carbocycles. The van der Waals surface area contributed by atoms with Gasteiger partial charge in [-0.2, -0.15) is 5.10 Å². The predicted molar refractivity (Wildman–Crippen MR) is 148 cm³/mol. The Labute approximate surface area is 229 Å². The zero-order valence-corrected chi connectivity index (χ0v) is 22.8. The number of phenols is 1. The molecule has 206 valence electrons. The summed E-state index contributed by atoms with van der Waals surface area (Å²) in [5.41, 5.74) is 2.46. The number of rotatable bonds is 11. The van der Waals surface area contributed by atoms with E-state index < -0.39 is 17.9 Å². The Bertz CT molecular complexity index is 1370. The molecule has 3 heterocycles. The zero-order valence-electron chi connectivity index (χ0n) is 22.8. The summed E-state index contributed by atoms with van der Waals surface area (Å²) in [4.78, 5) is 28.5. The summed E-state index contributed by atoms with van der Waals surface area (Å²) < 4.78 is 8.09. The van der Waals surface area contributed by atoms with Crippen LogP contribution in [0, 0.1) is 5.92 Å². The summed E-state index contributed by atoms with van der Waals surface area (Å²) in [5.74, 6) is 0.526. The van der Waals surface area contributed by atoms with E-state index in [2.05, 4.69) is 18.9 Å². The molecule has 1 fully saturated rings. The van der Waals surface area contributed by atoms with Gasteiger partial charge in [-0.05, 0) is 49.4 Å². The fourth-order valence-electron chi connectivity index (χ4n) is 5.93. The molecule has 1 saturated heterocycles. The predicted octanol–water partition coefficient (Wildman–Crippen LogP) is 4.40. The number of phenolic OH excluding ortho intramolecular Hbond substituents is 1. The number of para-hydroxylation sites is 1. The number of ketones is 2. The first kappa shape index (κ1) is 27.1. The number of ether oxygens (including phenoxy) is 1. The molecule has 0 radical (unpaired) electrons. The molecule has 2 aliphatic heterocycles. The lowest BCUT2D eigenvalue weighted by Gasteiger charge is -2.28. The van der Waals surface area contributed by atoms with Gasteiger partial charge >= 0.3 is 0 Å². The molecule has 0 amide bonds. The minimum absolute atomic E-state index is 0.0354. The number of fused-ring (bicyclic) bond motifs is 3. The molecular weight excluding hydrogens is 494 g/mol. The van der Waals surface area contributed by atoms with E-state index in [1.807, 2.05) is 36.1 Å². The molecule has 8 heteroatoms. The van der Waals surface area contributed by atoms with Gasteiger partial charge in [-0.1, -0.05) is 44.2 Å². The lowest BCUT2D eigenvalue weighted by atomic mass is 9.89. The number of hydrogen-bond acceptors (Lipinski definition) is 7. The van der Waals surface area contributed by atoms with E-state index in [-0.39, 0.29) is 43.1 Å². The highest BCUT2D eigenvalue weighted by atomic mass is 16.5. The van der Waals surface area contributed by atoms with E-state index >= 15 is 0 Å². The van der Waals surface area contributed by atoms with Crippen LogP contribution in [0.25, 0.3) is 0 Å². The number of nitrogens with zero attached hydrogens (tertiary/aromatic N) is 3. The van der Waals surface area contributed by atoms with Gasteiger partial charge in [-0.15, -0.1) is 0 Å². The standard InChI is InChI=1S/C31H37N3O5/c1-4-34-29(22(18-32-34)13-12-20(2)3)28(37)19-33-27-11-6-5-10-26(27)31(38)17-25(39-30(31)33)16-24(36)15-21-8-7-9-23(35)14-21/h5-11,14,18,20,25,30,35,38H,4,12-13,15-17,19H2,1-3H3. The minimum Gasteiger partial charge on any atom is -0.508 e.